The molecule has 2 aliphatic heterocycles. The molecule has 8 nitrogen and oxygen atoms in total. The number of allylic oxidation sites excluding steroid dienone is 2. The third-order valence-electron chi connectivity index (χ3n) is 10.1. The molecule has 3 aromatic carbocycles. The minimum absolute atomic E-state index is 0.0300. The highest BCUT2D eigenvalue weighted by Crippen LogP contribution is 2.64. The molecule has 6 unspecified atom stereocenters. The minimum Gasteiger partial charge on any atom is -0.508 e. The van der Waals surface area contributed by atoms with Crippen LogP contribution >= 0.6 is 0 Å². The fourth-order valence-electron chi connectivity index (χ4n) is 8.13. The summed E-state index contributed by atoms with van der Waals surface area (Å²) in [6.07, 6.45) is -3.01. The highest BCUT2D eigenvalue weighted by Gasteiger charge is 2.68. The predicted octanol–water partition coefficient (Wildman–Crippen LogP) is 5.72. The molecule has 236 valence electrons. The third kappa shape index (κ3) is 4.51. The summed E-state index contributed by atoms with van der Waals surface area (Å²) >= 11 is 0. The molecule has 0 bridgehead atoms. The second-order valence-electron chi connectivity index (χ2n) is 12.5. The average Bonchev–Trinajstić information content (AvgIpc) is 3.38. The number of imide groups is 2. The number of alkyl halides is 3. The highest BCUT2D eigenvalue weighted by atomic mass is 19.4. The van der Waals surface area contributed by atoms with E-state index in [1.54, 1.807) is 43.3 Å². The zero-order valence-corrected chi connectivity index (χ0v) is 24.6. The van der Waals surface area contributed by atoms with Crippen molar-refractivity contribution in [1.29, 1.82) is 0 Å². The van der Waals surface area contributed by atoms with Crippen LogP contribution in [0.25, 0.3) is 0 Å². The zero-order chi connectivity index (χ0) is 32.5. The van der Waals surface area contributed by atoms with Crippen LogP contribution in [0.3, 0.4) is 0 Å². The van der Waals surface area contributed by atoms with E-state index in [-0.39, 0.29) is 36.6 Å². The Morgan fingerprint density at radius 2 is 1.57 bits per heavy atom. The predicted molar refractivity (Wildman–Crippen MR) is 158 cm³/mol. The quantitative estimate of drug-likeness (QED) is 0.286. The summed E-state index contributed by atoms with van der Waals surface area (Å²) in [6, 6.07) is 20.5. The van der Waals surface area contributed by atoms with Crippen LogP contribution in [-0.4, -0.2) is 40.0 Å². The first kappa shape index (κ1) is 29.8. The second kappa shape index (κ2) is 10.6. The Kier molecular flexibility index (Phi) is 6.84. The molecule has 0 radical (unpaired) electrons. The van der Waals surface area contributed by atoms with Gasteiger partial charge < -0.3 is 9.84 Å². The SMILES string of the molecule is CC12C(=O)N(c3ccccc3)C(=O)C1CC1C(=CCC3C(=O)N(Cc4ccccc4)C(=O)C31)C2c1cc(OC(F)(F)F)ccc1O. The van der Waals surface area contributed by atoms with Crippen LogP contribution in [0, 0.1) is 29.1 Å². The monoisotopic (exact) mass is 630 g/mol. The van der Waals surface area contributed by atoms with Gasteiger partial charge in [-0.2, -0.15) is 0 Å². The Balaban J connectivity index is 1.36. The normalized spacial score (nSPS) is 29.0. The van der Waals surface area contributed by atoms with Gasteiger partial charge in [0.1, 0.15) is 11.5 Å². The lowest BCUT2D eigenvalue weighted by atomic mass is 9.51. The van der Waals surface area contributed by atoms with Gasteiger partial charge in [-0.1, -0.05) is 60.2 Å². The van der Waals surface area contributed by atoms with Gasteiger partial charge in [-0.3, -0.25) is 24.1 Å². The molecule has 0 spiro atoms. The van der Waals surface area contributed by atoms with Crippen molar-refractivity contribution in [3.05, 3.63) is 102 Å². The van der Waals surface area contributed by atoms with E-state index in [0.29, 0.717) is 11.3 Å². The summed E-state index contributed by atoms with van der Waals surface area (Å²) in [5.74, 6) is -7.10. The first-order valence-electron chi connectivity index (χ1n) is 15.0. The first-order chi connectivity index (χ1) is 21.9. The number of rotatable bonds is 5. The van der Waals surface area contributed by atoms with E-state index in [1.165, 1.54) is 4.90 Å². The van der Waals surface area contributed by atoms with Crippen molar-refractivity contribution in [3.8, 4) is 11.5 Å². The number of hydrogen-bond donors (Lipinski definition) is 1. The molecule has 46 heavy (non-hydrogen) atoms. The summed E-state index contributed by atoms with van der Waals surface area (Å²) < 4.78 is 44.0. The number of fused-ring (bicyclic) bond motifs is 4. The smallest absolute Gasteiger partial charge is 0.508 e. The molecule has 1 N–H and O–H groups in total. The van der Waals surface area contributed by atoms with E-state index in [0.717, 1.165) is 28.7 Å². The molecule has 7 rings (SSSR count). The molecule has 4 aliphatic rings. The van der Waals surface area contributed by atoms with Gasteiger partial charge in [0, 0.05) is 11.5 Å². The van der Waals surface area contributed by atoms with Crippen LogP contribution in [0.5, 0.6) is 11.5 Å². The molecule has 2 heterocycles. The third-order valence-corrected chi connectivity index (χ3v) is 10.1. The lowest BCUT2D eigenvalue weighted by Gasteiger charge is -2.49. The Morgan fingerprint density at radius 3 is 2.24 bits per heavy atom. The molecule has 11 heteroatoms. The molecule has 3 fully saturated rings. The van der Waals surface area contributed by atoms with Crippen molar-refractivity contribution in [3.63, 3.8) is 0 Å². The summed E-state index contributed by atoms with van der Waals surface area (Å²) in [6.45, 7) is 1.67. The topological polar surface area (TPSA) is 104 Å². The lowest BCUT2D eigenvalue weighted by molar-refractivity contribution is -0.274. The van der Waals surface area contributed by atoms with E-state index in [9.17, 15) is 37.5 Å². The van der Waals surface area contributed by atoms with Gasteiger partial charge in [-0.15, -0.1) is 13.2 Å². The molecule has 6 atom stereocenters. The van der Waals surface area contributed by atoms with Crippen LogP contribution in [0.1, 0.15) is 36.8 Å². The number of phenolic OH excluding ortho intramolecular Hbond substituents is 1. The number of aromatic hydroxyl groups is 1. The summed E-state index contributed by atoms with van der Waals surface area (Å²) in [4.78, 5) is 58.6. The second-order valence-corrected chi connectivity index (χ2v) is 12.5. The zero-order valence-electron chi connectivity index (χ0n) is 24.6. The number of carbonyl (C=O) groups excluding carboxylic acids is 4. The summed E-state index contributed by atoms with van der Waals surface area (Å²) in [7, 11) is 0. The Bertz CT molecular complexity index is 1790. The number of hydrogen-bond acceptors (Lipinski definition) is 6. The van der Waals surface area contributed by atoms with Crippen molar-refractivity contribution in [2.24, 2.45) is 29.1 Å². The van der Waals surface area contributed by atoms with Crippen LogP contribution in [-0.2, 0) is 25.7 Å². The van der Waals surface area contributed by atoms with Gasteiger partial charge in [-0.05, 0) is 61.6 Å². The maximum absolute atomic E-state index is 14.4. The maximum atomic E-state index is 14.4. The number of carbonyl (C=O) groups is 4. The average molecular weight is 631 g/mol. The molecular formula is C35H29F3N2O6. The van der Waals surface area contributed by atoms with Crippen LogP contribution in [0.4, 0.5) is 18.9 Å². The fourth-order valence-corrected chi connectivity index (χ4v) is 8.13. The van der Waals surface area contributed by atoms with Gasteiger partial charge >= 0.3 is 6.36 Å². The number of amides is 4. The fraction of sp³-hybridized carbons (Fsp3) is 0.314. The standard InChI is InChI=1S/C35H29F3N2O6/c1-34-26(31(43)40(33(34)45)20-10-6-3-7-11-20)17-24-22(29(34)25-16-21(12-15-27(25)41)46-35(36,37)38)13-14-23-28(24)32(44)39(30(23)42)18-19-8-4-2-5-9-19/h2-13,15-16,23-24,26,28-29,41H,14,17-18H2,1H3. The molecule has 3 aromatic rings. The van der Waals surface area contributed by atoms with Crippen molar-refractivity contribution < 1.29 is 42.2 Å². The van der Waals surface area contributed by atoms with E-state index in [4.69, 9.17) is 0 Å². The minimum atomic E-state index is -5.02. The number of phenols is 1. The largest absolute Gasteiger partial charge is 0.573 e. The van der Waals surface area contributed by atoms with Crippen molar-refractivity contribution >= 4 is 29.3 Å². The molecule has 2 saturated heterocycles. The maximum Gasteiger partial charge on any atom is 0.573 e. The number of ether oxygens (including phenoxy) is 1. The van der Waals surface area contributed by atoms with Gasteiger partial charge in [0.2, 0.25) is 23.6 Å². The number of likely N-dealkylation sites (tertiary alicyclic amines) is 1. The van der Waals surface area contributed by atoms with Crippen LogP contribution < -0.4 is 9.64 Å². The Hall–Kier alpha value is -4.93. The number of nitrogens with zero attached hydrogens (tertiary/aromatic N) is 2. The van der Waals surface area contributed by atoms with E-state index in [1.807, 2.05) is 30.3 Å². The molecule has 1 saturated carbocycles. The van der Waals surface area contributed by atoms with Gasteiger partial charge in [0.15, 0.2) is 0 Å². The van der Waals surface area contributed by atoms with E-state index in [2.05, 4.69) is 4.74 Å². The van der Waals surface area contributed by atoms with Crippen molar-refractivity contribution in [2.75, 3.05) is 4.90 Å². The van der Waals surface area contributed by atoms with E-state index >= 15 is 0 Å². The number of benzene rings is 3. The molecule has 2 aliphatic carbocycles. The number of halogens is 3. The van der Waals surface area contributed by atoms with E-state index < -0.39 is 64.8 Å². The Labute approximate surface area is 262 Å². The lowest BCUT2D eigenvalue weighted by Crippen LogP contribution is -2.48. The molecular weight excluding hydrogens is 601 g/mol. The molecule has 4 amide bonds. The van der Waals surface area contributed by atoms with Crippen LogP contribution in [0.2, 0.25) is 0 Å². The Morgan fingerprint density at radius 1 is 0.891 bits per heavy atom. The first-order valence-corrected chi connectivity index (χ1v) is 15.0. The van der Waals surface area contributed by atoms with Gasteiger partial charge in [0.25, 0.3) is 0 Å². The summed E-state index contributed by atoms with van der Waals surface area (Å²) in [5.41, 5.74) is 0.0786. The van der Waals surface area contributed by atoms with Crippen molar-refractivity contribution in [1.82, 2.24) is 4.90 Å². The van der Waals surface area contributed by atoms with Gasteiger partial charge in [-0.25, -0.2) is 4.90 Å². The molecule has 0 aromatic heterocycles. The highest BCUT2D eigenvalue weighted by molar-refractivity contribution is 6.24. The van der Waals surface area contributed by atoms with Crippen LogP contribution in [0.15, 0.2) is 90.5 Å². The number of anilines is 1. The number of para-hydroxylation sites is 1. The summed E-state index contributed by atoms with van der Waals surface area (Å²) in [5, 5.41) is 11.1. The van der Waals surface area contributed by atoms with Gasteiger partial charge in [0.05, 0.1) is 35.4 Å². The van der Waals surface area contributed by atoms with Crippen molar-refractivity contribution in [2.45, 2.75) is 38.6 Å².